The number of nitrogens with zero attached hydrogens (tertiary/aromatic N) is 5. The molecule has 0 aliphatic heterocycles. The van der Waals surface area contributed by atoms with E-state index in [-0.39, 0.29) is 6.61 Å². The molecule has 0 saturated carbocycles. The normalized spacial score (nSPS) is 10.6. The molecule has 2 heterocycles. The van der Waals surface area contributed by atoms with Gasteiger partial charge in [-0.3, -0.25) is 14.3 Å². The molecule has 2 aromatic heterocycles. The van der Waals surface area contributed by atoms with Crippen LogP contribution in [0.25, 0.3) is 5.70 Å². The topological polar surface area (TPSA) is 83.7 Å². The van der Waals surface area contributed by atoms with Crippen LogP contribution in [0.1, 0.15) is 30.3 Å². The highest BCUT2D eigenvalue weighted by Gasteiger charge is 2.25. The van der Waals surface area contributed by atoms with Gasteiger partial charge >= 0.3 is 0 Å². The van der Waals surface area contributed by atoms with Gasteiger partial charge < -0.3 is 19.6 Å². The van der Waals surface area contributed by atoms with E-state index in [9.17, 15) is 4.79 Å². The van der Waals surface area contributed by atoms with Crippen molar-refractivity contribution >= 4 is 17.9 Å². The van der Waals surface area contributed by atoms with E-state index in [0.717, 1.165) is 11.3 Å². The molecule has 0 aromatic carbocycles. The van der Waals surface area contributed by atoms with Gasteiger partial charge in [-0.2, -0.15) is 4.98 Å². The Bertz CT molecular complexity index is 801. The maximum Gasteiger partial charge on any atom is 0.299 e. The minimum Gasteiger partial charge on any atom is -0.465 e. The van der Waals surface area contributed by atoms with Crippen molar-refractivity contribution in [3.63, 3.8) is 0 Å². The number of carbonyl (C=O) groups excluding carboxylic acids is 1. The lowest BCUT2D eigenvalue weighted by atomic mass is 10.2. The van der Waals surface area contributed by atoms with Gasteiger partial charge in [0, 0.05) is 39.1 Å². The highest BCUT2D eigenvalue weighted by molar-refractivity contribution is 5.80. The zero-order valence-electron chi connectivity index (χ0n) is 17.1. The molecule has 1 amide bonds. The van der Waals surface area contributed by atoms with Gasteiger partial charge in [-0.1, -0.05) is 12.6 Å². The maximum atomic E-state index is 11.4. The van der Waals surface area contributed by atoms with Crippen LogP contribution in [0.3, 0.4) is 0 Å². The Kier molecular flexibility index (Phi) is 7.57. The molecule has 0 fully saturated rings. The molecule has 0 radical (unpaired) electrons. The lowest BCUT2D eigenvalue weighted by molar-refractivity contribution is -0.107. The van der Waals surface area contributed by atoms with Gasteiger partial charge in [0.25, 0.3) is 6.01 Å². The number of ether oxygens (including phenoxy) is 1. The number of aromatic nitrogens is 3. The van der Waals surface area contributed by atoms with E-state index in [4.69, 9.17) is 9.84 Å². The SMILES string of the molecule is C=C(c1c(N(C)C=O)nc(OCC)n1Cc1ccc(C)nc1)N(C)CCCO. The highest BCUT2D eigenvalue weighted by Crippen LogP contribution is 2.32. The summed E-state index contributed by atoms with van der Waals surface area (Å²) in [6.45, 7) is 9.68. The Morgan fingerprint density at radius 2 is 2.14 bits per heavy atom. The van der Waals surface area contributed by atoms with E-state index < -0.39 is 0 Å². The summed E-state index contributed by atoms with van der Waals surface area (Å²) in [5.41, 5.74) is 3.31. The Morgan fingerprint density at radius 1 is 1.39 bits per heavy atom. The first kappa shape index (κ1) is 21.4. The molecule has 0 aliphatic rings. The number of aryl methyl sites for hydroxylation is 1. The molecule has 0 unspecified atom stereocenters. The summed E-state index contributed by atoms with van der Waals surface area (Å²) in [6, 6.07) is 4.37. The summed E-state index contributed by atoms with van der Waals surface area (Å²) in [6.07, 6.45) is 3.14. The maximum absolute atomic E-state index is 11.4. The molecule has 0 aliphatic carbocycles. The van der Waals surface area contributed by atoms with E-state index in [1.165, 1.54) is 4.90 Å². The first-order chi connectivity index (χ1) is 13.4. The number of imidazole rings is 1. The van der Waals surface area contributed by atoms with Crippen LogP contribution >= 0.6 is 0 Å². The number of hydrogen-bond acceptors (Lipinski definition) is 6. The summed E-state index contributed by atoms with van der Waals surface area (Å²) < 4.78 is 7.65. The van der Waals surface area contributed by atoms with Crippen LogP contribution in [-0.2, 0) is 11.3 Å². The van der Waals surface area contributed by atoms with Crippen LogP contribution in [0.2, 0.25) is 0 Å². The number of amides is 1. The molecule has 0 atom stereocenters. The number of anilines is 1. The minimum atomic E-state index is 0.0945. The van der Waals surface area contributed by atoms with E-state index in [0.29, 0.717) is 55.7 Å². The predicted molar refractivity (Wildman–Crippen MR) is 109 cm³/mol. The molecule has 0 spiro atoms. The molecule has 152 valence electrons. The largest absolute Gasteiger partial charge is 0.465 e. The lowest BCUT2D eigenvalue weighted by Crippen LogP contribution is -2.23. The van der Waals surface area contributed by atoms with Crippen molar-refractivity contribution in [1.82, 2.24) is 19.4 Å². The van der Waals surface area contributed by atoms with Crippen LogP contribution in [0, 0.1) is 6.92 Å². The average Bonchev–Trinajstić information content (AvgIpc) is 3.04. The smallest absolute Gasteiger partial charge is 0.299 e. The molecule has 0 bridgehead atoms. The summed E-state index contributed by atoms with van der Waals surface area (Å²) in [7, 11) is 3.54. The summed E-state index contributed by atoms with van der Waals surface area (Å²) >= 11 is 0. The fourth-order valence-electron chi connectivity index (χ4n) is 2.79. The summed E-state index contributed by atoms with van der Waals surface area (Å²) in [5, 5.41) is 9.14. The second kappa shape index (κ2) is 9.89. The number of carbonyl (C=O) groups is 1. The number of aliphatic hydroxyl groups is 1. The molecule has 1 N–H and O–H groups in total. The van der Waals surface area contributed by atoms with Gasteiger partial charge in [0.15, 0.2) is 5.82 Å². The van der Waals surface area contributed by atoms with Crippen LogP contribution in [0.15, 0.2) is 24.9 Å². The van der Waals surface area contributed by atoms with Gasteiger partial charge in [0.05, 0.1) is 18.8 Å². The number of rotatable bonds is 11. The van der Waals surface area contributed by atoms with E-state index in [2.05, 4.69) is 16.5 Å². The fraction of sp³-hybridized carbons (Fsp3) is 0.450. The molecular formula is C20H29N5O3. The Morgan fingerprint density at radius 3 is 2.71 bits per heavy atom. The van der Waals surface area contributed by atoms with Gasteiger partial charge in [-0.25, -0.2) is 0 Å². The van der Waals surface area contributed by atoms with Crippen molar-refractivity contribution in [2.24, 2.45) is 0 Å². The van der Waals surface area contributed by atoms with Crippen molar-refractivity contribution in [2.75, 3.05) is 38.8 Å². The predicted octanol–water partition coefficient (Wildman–Crippen LogP) is 1.91. The Labute approximate surface area is 166 Å². The van der Waals surface area contributed by atoms with E-state index >= 15 is 0 Å². The Hall–Kier alpha value is -2.87. The fourth-order valence-corrected chi connectivity index (χ4v) is 2.79. The Balaban J connectivity index is 2.54. The second-order valence-electron chi connectivity index (χ2n) is 6.56. The third kappa shape index (κ3) is 4.89. The van der Waals surface area contributed by atoms with Gasteiger partial charge in [-0.15, -0.1) is 0 Å². The second-order valence-corrected chi connectivity index (χ2v) is 6.56. The molecule has 2 rings (SSSR count). The van der Waals surface area contributed by atoms with Gasteiger partial charge in [0.2, 0.25) is 6.41 Å². The average molecular weight is 387 g/mol. The summed E-state index contributed by atoms with van der Waals surface area (Å²) in [5.74, 6) is 0.472. The summed E-state index contributed by atoms with van der Waals surface area (Å²) in [4.78, 5) is 23.7. The molecule has 28 heavy (non-hydrogen) atoms. The number of pyridine rings is 1. The van der Waals surface area contributed by atoms with Crippen molar-refractivity contribution in [3.8, 4) is 6.01 Å². The quantitative estimate of drug-likeness (QED) is 0.593. The van der Waals surface area contributed by atoms with Crippen molar-refractivity contribution in [3.05, 3.63) is 41.9 Å². The lowest BCUT2D eigenvalue weighted by Gasteiger charge is -2.24. The zero-order valence-corrected chi connectivity index (χ0v) is 17.1. The van der Waals surface area contributed by atoms with E-state index in [1.54, 1.807) is 7.05 Å². The van der Waals surface area contributed by atoms with Crippen molar-refractivity contribution in [2.45, 2.75) is 26.8 Å². The van der Waals surface area contributed by atoms with Crippen LogP contribution in [0.4, 0.5) is 5.82 Å². The molecule has 0 saturated heterocycles. The van der Waals surface area contributed by atoms with Crippen LogP contribution in [0.5, 0.6) is 6.01 Å². The van der Waals surface area contributed by atoms with Gasteiger partial charge in [-0.05, 0) is 31.9 Å². The van der Waals surface area contributed by atoms with Crippen molar-refractivity contribution in [1.29, 1.82) is 0 Å². The van der Waals surface area contributed by atoms with Crippen LogP contribution < -0.4 is 9.64 Å². The molecule has 8 nitrogen and oxygen atoms in total. The monoisotopic (exact) mass is 387 g/mol. The first-order valence-corrected chi connectivity index (χ1v) is 9.27. The first-order valence-electron chi connectivity index (χ1n) is 9.27. The van der Waals surface area contributed by atoms with Gasteiger partial charge in [0.1, 0.15) is 5.69 Å². The zero-order chi connectivity index (χ0) is 20.7. The van der Waals surface area contributed by atoms with Crippen LogP contribution in [-0.4, -0.2) is 64.8 Å². The highest BCUT2D eigenvalue weighted by atomic mass is 16.5. The minimum absolute atomic E-state index is 0.0945. The third-order valence-corrected chi connectivity index (χ3v) is 4.38. The van der Waals surface area contributed by atoms with E-state index in [1.807, 2.05) is 48.7 Å². The standard InChI is InChI=1S/C20H29N5O3/c1-6-28-20-22-19(24(5)14-27)18(16(3)23(4)10-7-11-26)25(20)13-17-9-8-15(2)21-12-17/h8-9,12,14,26H,3,6-7,10-11,13H2,1-2,4-5H3. The van der Waals surface area contributed by atoms with Crippen molar-refractivity contribution < 1.29 is 14.6 Å². The molecule has 8 heteroatoms. The third-order valence-electron chi connectivity index (χ3n) is 4.38. The molecular weight excluding hydrogens is 358 g/mol. The molecule has 2 aromatic rings. The number of hydrogen-bond donors (Lipinski definition) is 1. The number of aliphatic hydroxyl groups excluding tert-OH is 1.